The van der Waals surface area contributed by atoms with Gasteiger partial charge in [-0.05, 0) is 35.9 Å². The fourth-order valence-electron chi connectivity index (χ4n) is 3.41. The molecular weight excluding hydrogens is 413 g/mol. The zero-order valence-electron chi connectivity index (χ0n) is 15.6. The highest BCUT2D eigenvalue weighted by Crippen LogP contribution is 2.39. The molecule has 0 amide bonds. The number of hydrogen-bond acceptors (Lipinski definition) is 6. The molecule has 0 aromatic heterocycles. The minimum Gasteiger partial charge on any atom is -0.399 e. The van der Waals surface area contributed by atoms with Crippen LogP contribution in [0.15, 0.2) is 47.6 Å². The van der Waals surface area contributed by atoms with Gasteiger partial charge in [-0.15, -0.1) is 0 Å². The molecule has 2 aliphatic rings. The van der Waals surface area contributed by atoms with Crippen LogP contribution < -0.4 is 16.2 Å². The van der Waals surface area contributed by atoms with Gasteiger partial charge < -0.3 is 15.9 Å². The highest BCUT2D eigenvalue weighted by molar-refractivity contribution is 7.82. The first-order valence-electron chi connectivity index (χ1n) is 9.32. The Labute approximate surface area is 179 Å². The van der Waals surface area contributed by atoms with E-state index in [0.717, 1.165) is 30.1 Å². The van der Waals surface area contributed by atoms with Crippen molar-refractivity contribution < 1.29 is 9.13 Å². The van der Waals surface area contributed by atoms with Crippen LogP contribution in [0.25, 0.3) is 0 Å². The molecule has 152 valence electrons. The molecule has 1 atom stereocenters. The third-order valence-corrected chi connectivity index (χ3v) is 5.55. The van der Waals surface area contributed by atoms with Crippen LogP contribution in [0.4, 0.5) is 15.8 Å². The fourth-order valence-corrected chi connectivity index (χ4v) is 3.94. The molecule has 2 aromatic rings. The van der Waals surface area contributed by atoms with E-state index in [4.69, 9.17) is 39.4 Å². The van der Waals surface area contributed by atoms with Crippen LogP contribution in [0, 0.1) is 5.82 Å². The van der Waals surface area contributed by atoms with Crippen LogP contribution in [0.1, 0.15) is 18.0 Å². The van der Waals surface area contributed by atoms with Crippen LogP contribution in [0.2, 0.25) is 5.02 Å². The van der Waals surface area contributed by atoms with Crippen LogP contribution in [0.3, 0.4) is 0 Å². The lowest BCUT2D eigenvalue weighted by molar-refractivity contribution is 0.0255. The molecule has 2 aliphatic heterocycles. The number of nitrogens with zero attached hydrogens (tertiary/aromatic N) is 3. The van der Waals surface area contributed by atoms with Gasteiger partial charge in [0.15, 0.2) is 0 Å². The molecule has 0 radical (unpaired) electrons. The number of hydrazone groups is 1. The summed E-state index contributed by atoms with van der Waals surface area (Å²) < 4.78 is 18.8. The van der Waals surface area contributed by atoms with Crippen LogP contribution in [-0.2, 0) is 4.74 Å². The van der Waals surface area contributed by atoms with Crippen molar-refractivity contribution in [2.45, 2.75) is 12.5 Å². The maximum atomic E-state index is 13.4. The Morgan fingerprint density at radius 3 is 2.62 bits per heavy atom. The van der Waals surface area contributed by atoms with E-state index in [-0.39, 0.29) is 11.9 Å². The van der Waals surface area contributed by atoms with E-state index < -0.39 is 0 Å². The van der Waals surface area contributed by atoms with Gasteiger partial charge in [-0.2, -0.15) is 5.10 Å². The van der Waals surface area contributed by atoms with Crippen LogP contribution in [-0.4, -0.2) is 42.0 Å². The number of nitrogens with one attached hydrogen (secondary N) is 1. The SMILES string of the molecule is Nc1ccc(N2N=C(C(=S)NN3CCOCC3)CC2c2ccc(F)cc2)c(Cl)c1. The van der Waals surface area contributed by atoms with Crippen LogP contribution in [0.5, 0.6) is 0 Å². The first kappa shape index (κ1) is 20.0. The third-order valence-electron chi connectivity index (χ3n) is 4.92. The average molecular weight is 434 g/mol. The standard InChI is InChI=1S/C20H21ClFN5OS/c21-16-11-15(23)5-6-18(16)27-19(13-1-3-14(22)4-2-13)12-17(24-27)20(29)25-26-7-9-28-10-8-26/h1-6,11,19H,7-10,12,23H2,(H,25,29). The van der Waals surface area contributed by atoms with Gasteiger partial charge in [0, 0.05) is 25.2 Å². The van der Waals surface area contributed by atoms with Crippen molar-refractivity contribution in [2.75, 3.05) is 37.0 Å². The second kappa shape index (κ2) is 8.62. The maximum absolute atomic E-state index is 13.4. The summed E-state index contributed by atoms with van der Waals surface area (Å²) in [6.07, 6.45) is 0.572. The number of rotatable bonds is 4. The number of benzene rings is 2. The number of anilines is 2. The average Bonchev–Trinajstić information content (AvgIpc) is 3.14. The first-order valence-corrected chi connectivity index (χ1v) is 10.1. The molecule has 0 spiro atoms. The van der Waals surface area contributed by atoms with Crippen molar-refractivity contribution in [3.8, 4) is 0 Å². The number of hydrogen-bond donors (Lipinski definition) is 2. The molecule has 1 saturated heterocycles. The van der Waals surface area contributed by atoms with Crippen molar-refractivity contribution in [3.05, 3.63) is 58.9 Å². The lowest BCUT2D eigenvalue weighted by Crippen LogP contribution is -2.49. The van der Waals surface area contributed by atoms with Crippen molar-refractivity contribution in [1.29, 1.82) is 0 Å². The molecule has 9 heteroatoms. The summed E-state index contributed by atoms with van der Waals surface area (Å²) in [5.74, 6) is -0.283. The van der Waals surface area contributed by atoms with E-state index in [1.165, 1.54) is 12.1 Å². The predicted molar refractivity (Wildman–Crippen MR) is 118 cm³/mol. The second-order valence-corrected chi connectivity index (χ2v) is 7.73. The summed E-state index contributed by atoms with van der Waals surface area (Å²) in [7, 11) is 0. The molecule has 1 unspecified atom stereocenters. The number of nitrogen functional groups attached to an aromatic ring is 1. The van der Waals surface area contributed by atoms with E-state index in [1.807, 2.05) is 16.1 Å². The van der Waals surface area contributed by atoms with Gasteiger partial charge in [-0.25, -0.2) is 9.40 Å². The molecule has 4 rings (SSSR count). The first-order chi connectivity index (χ1) is 14.0. The summed E-state index contributed by atoms with van der Waals surface area (Å²) in [5, 5.41) is 9.12. The molecule has 1 fully saturated rings. The summed E-state index contributed by atoms with van der Waals surface area (Å²) in [6.45, 7) is 2.82. The van der Waals surface area contributed by atoms with Gasteiger partial charge in [0.1, 0.15) is 10.8 Å². The van der Waals surface area contributed by atoms with E-state index in [0.29, 0.717) is 35.3 Å². The summed E-state index contributed by atoms with van der Waals surface area (Å²) >= 11 is 12.1. The number of morpholine rings is 1. The molecular formula is C20H21ClFN5OS. The number of hydrazine groups is 1. The Hall–Kier alpha value is -2.26. The molecule has 29 heavy (non-hydrogen) atoms. The van der Waals surface area contributed by atoms with Crippen molar-refractivity contribution in [3.63, 3.8) is 0 Å². The van der Waals surface area contributed by atoms with E-state index >= 15 is 0 Å². The molecule has 0 saturated carbocycles. The van der Waals surface area contributed by atoms with Crippen molar-refractivity contribution in [1.82, 2.24) is 10.4 Å². The van der Waals surface area contributed by atoms with Gasteiger partial charge in [0.05, 0.1) is 35.7 Å². The van der Waals surface area contributed by atoms with E-state index in [1.54, 1.807) is 24.3 Å². The number of nitrogens with two attached hydrogens (primary N) is 1. The zero-order chi connectivity index (χ0) is 20.4. The summed E-state index contributed by atoms with van der Waals surface area (Å²) in [6, 6.07) is 11.6. The summed E-state index contributed by atoms with van der Waals surface area (Å²) in [5.41, 5.74) is 12.1. The lowest BCUT2D eigenvalue weighted by atomic mass is 10.0. The minimum atomic E-state index is -0.283. The van der Waals surface area contributed by atoms with Gasteiger partial charge in [-0.3, -0.25) is 5.01 Å². The summed E-state index contributed by atoms with van der Waals surface area (Å²) in [4.78, 5) is 0.563. The third kappa shape index (κ3) is 4.51. The fraction of sp³-hybridized carbons (Fsp3) is 0.300. The second-order valence-electron chi connectivity index (χ2n) is 6.91. The highest BCUT2D eigenvalue weighted by Gasteiger charge is 2.32. The molecule has 0 aliphatic carbocycles. The minimum absolute atomic E-state index is 0.156. The molecule has 3 N–H and O–H groups in total. The maximum Gasteiger partial charge on any atom is 0.137 e. The van der Waals surface area contributed by atoms with Crippen LogP contribution >= 0.6 is 23.8 Å². The largest absolute Gasteiger partial charge is 0.399 e. The van der Waals surface area contributed by atoms with E-state index in [2.05, 4.69) is 5.43 Å². The van der Waals surface area contributed by atoms with Crippen molar-refractivity contribution >= 4 is 45.9 Å². The van der Waals surface area contributed by atoms with Crippen molar-refractivity contribution in [2.24, 2.45) is 5.10 Å². The normalized spacial score (nSPS) is 19.9. The number of ether oxygens (including phenoxy) is 1. The monoisotopic (exact) mass is 433 g/mol. The molecule has 0 bridgehead atoms. The molecule has 6 nitrogen and oxygen atoms in total. The topological polar surface area (TPSA) is 66.1 Å². The van der Waals surface area contributed by atoms with Gasteiger partial charge >= 0.3 is 0 Å². The molecule has 2 aromatic carbocycles. The Balaban J connectivity index is 1.62. The number of thiocarbonyl (C=S) groups is 1. The Kier molecular flexibility index (Phi) is 5.96. The lowest BCUT2D eigenvalue weighted by Gasteiger charge is -2.27. The zero-order valence-corrected chi connectivity index (χ0v) is 17.2. The highest BCUT2D eigenvalue weighted by atomic mass is 35.5. The quantitative estimate of drug-likeness (QED) is 0.568. The smallest absolute Gasteiger partial charge is 0.137 e. The Morgan fingerprint density at radius 2 is 1.93 bits per heavy atom. The Morgan fingerprint density at radius 1 is 1.21 bits per heavy atom. The number of halogens is 2. The van der Waals surface area contributed by atoms with Gasteiger partial charge in [0.25, 0.3) is 0 Å². The Bertz CT molecular complexity index is 933. The van der Waals surface area contributed by atoms with Gasteiger partial charge in [-0.1, -0.05) is 36.0 Å². The molecule has 2 heterocycles. The predicted octanol–water partition coefficient (Wildman–Crippen LogP) is 3.53. The van der Waals surface area contributed by atoms with E-state index in [9.17, 15) is 4.39 Å². The van der Waals surface area contributed by atoms with Gasteiger partial charge in [0.2, 0.25) is 0 Å².